The van der Waals surface area contributed by atoms with Gasteiger partial charge in [0, 0.05) is 10.9 Å². The SMILES string of the molecule is COc1ccc(C)cc1[S+]1CCCC1.[O-][Cl+3]([O-])([O-])[O-]. The maximum atomic E-state index is 8.49. The monoisotopic (exact) mass is 308 g/mol. The molecule has 1 heterocycles. The Labute approximate surface area is 117 Å². The topological polar surface area (TPSA) is 101 Å². The molecule has 7 heteroatoms. The molecule has 0 spiro atoms. The van der Waals surface area contributed by atoms with Gasteiger partial charge in [0.05, 0.1) is 7.11 Å². The number of halogens is 1. The zero-order chi connectivity index (χ0) is 14.5. The molecule has 1 aromatic carbocycles. The van der Waals surface area contributed by atoms with Crippen LogP contribution in [0.5, 0.6) is 5.75 Å². The number of hydrogen-bond acceptors (Lipinski definition) is 5. The first-order valence-electron chi connectivity index (χ1n) is 5.75. The summed E-state index contributed by atoms with van der Waals surface area (Å²) in [6.07, 6.45) is 2.78. The number of methoxy groups -OCH3 is 1. The van der Waals surface area contributed by atoms with Crippen molar-refractivity contribution in [1.82, 2.24) is 0 Å². The van der Waals surface area contributed by atoms with Crippen LogP contribution >= 0.6 is 0 Å². The molecule has 0 N–H and O–H groups in total. The summed E-state index contributed by atoms with van der Waals surface area (Å²) in [4.78, 5) is 1.45. The second-order valence-electron chi connectivity index (χ2n) is 4.14. The summed E-state index contributed by atoms with van der Waals surface area (Å²) in [5, 5.41) is 0. The third-order valence-corrected chi connectivity index (χ3v) is 5.17. The second kappa shape index (κ2) is 7.33. The van der Waals surface area contributed by atoms with E-state index >= 15 is 0 Å². The van der Waals surface area contributed by atoms with Crippen molar-refractivity contribution in [2.24, 2.45) is 0 Å². The number of ether oxygens (including phenoxy) is 1. The van der Waals surface area contributed by atoms with Gasteiger partial charge in [0.2, 0.25) is 0 Å². The molecule has 2 rings (SSSR count). The van der Waals surface area contributed by atoms with Crippen LogP contribution in [-0.4, -0.2) is 18.6 Å². The number of rotatable bonds is 2. The summed E-state index contributed by atoms with van der Waals surface area (Å²) >= 11 is 0. The van der Waals surface area contributed by atoms with E-state index in [0.717, 1.165) is 5.75 Å². The first-order chi connectivity index (χ1) is 8.81. The van der Waals surface area contributed by atoms with E-state index in [-0.39, 0.29) is 0 Å². The molecule has 5 nitrogen and oxygen atoms in total. The zero-order valence-corrected chi connectivity index (χ0v) is 12.5. The molecule has 0 amide bonds. The van der Waals surface area contributed by atoms with Gasteiger partial charge in [-0.1, -0.05) is 6.07 Å². The van der Waals surface area contributed by atoms with Gasteiger partial charge in [-0.3, -0.25) is 0 Å². The minimum Gasteiger partial charge on any atom is -0.492 e. The lowest BCUT2D eigenvalue weighted by Gasteiger charge is -2.17. The third-order valence-electron chi connectivity index (χ3n) is 2.66. The average Bonchev–Trinajstić information content (AvgIpc) is 2.80. The van der Waals surface area contributed by atoms with E-state index in [2.05, 4.69) is 25.1 Å². The Kier molecular flexibility index (Phi) is 6.38. The van der Waals surface area contributed by atoms with Crippen molar-refractivity contribution in [3.05, 3.63) is 23.8 Å². The van der Waals surface area contributed by atoms with Crippen LogP contribution in [0.25, 0.3) is 0 Å². The van der Waals surface area contributed by atoms with Gasteiger partial charge in [-0.15, -0.1) is 10.2 Å². The van der Waals surface area contributed by atoms with E-state index in [1.165, 1.54) is 34.8 Å². The highest BCUT2D eigenvalue weighted by Gasteiger charge is 2.29. The standard InChI is InChI=1S/C12H17OS.ClHO4/c1-10-5-6-11(13-2)12(9-10)14-7-3-4-8-14;2-1(3,4)5/h5-6,9H,3-4,7-8H2,1-2H3;(H,2,3,4,5)/q+1;/p-1. The number of benzene rings is 1. The summed E-state index contributed by atoms with van der Waals surface area (Å²) in [6.45, 7) is 2.16. The summed E-state index contributed by atoms with van der Waals surface area (Å²) in [5.41, 5.74) is 1.35. The minimum absolute atomic E-state index is 0.463. The molecule has 19 heavy (non-hydrogen) atoms. The van der Waals surface area contributed by atoms with Crippen molar-refractivity contribution in [3.63, 3.8) is 0 Å². The van der Waals surface area contributed by atoms with E-state index in [0.29, 0.717) is 10.9 Å². The van der Waals surface area contributed by atoms with Crippen LogP contribution in [0.1, 0.15) is 18.4 Å². The normalized spacial score (nSPS) is 15.9. The Morgan fingerprint density at radius 2 is 1.63 bits per heavy atom. The van der Waals surface area contributed by atoms with Crippen LogP contribution in [0.3, 0.4) is 0 Å². The lowest BCUT2D eigenvalue weighted by Crippen LogP contribution is -2.68. The van der Waals surface area contributed by atoms with Crippen molar-refractivity contribution >= 4 is 10.9 Å². The molecular formula is C12H17ClO5S. The molecule has 0 atom stereocenters. The lowest BCUT2D eigenvalue weighted by molar-refractivity contribution is -2.00. The zero-order valence-electron chi connectivity index (χ0n) is 10.9. The molecule has 0 radical (unpaired) electrons. The van der Waals surface area contributed by atoms with E-state index in [1.54, 1.807) is 7.11 Å². The largest absolute Gasteiger partial charge is 0.492 e. The van der Waals surface area contributed by atoms with Crippen molar-refractivity contribution in [2.75, 3.05) is 18.6 Å². The van der Waals surface area contributed by atoms with Gasteiger partial charge in [0.25, 0.3) is 0 Å². The van der Waals surface area contributed by atoms with Gasteiger partial charge in [-0.25, -0.2) is 18.6 Å². The molecule has 108 valence electrons. The highest BCUT2D eigenvalue weighted by Crippen LogP contribution is 2.31. The Morgan fingerprint density at radius 1 is 1.11 bits per heavy atom. The maximum absolute atomic E-state index is 8.49. The average molecular weight is 309 g/mol. The summed E-state index contributed by atoms with van der Waals surface area (Å²) in [6, 6.07) is 6.53. The van der Waals surface area contributed by atoms with E-state index in [4.69, 9.17) is 23.4 Å². The van der Waals surface area contributed by atoms with E-state index in [1.807, 2.05) is 0 Å². The van der Waals surface area contributed by atoms with Crippen LogP contribution in [0.15, 0.2) is 23.1 Å². The fourth-order valence-corrected chi connectivity index (χ4v) is 4.42. The predicted octanol–water partition coefficient (Wildman–Crippen LogP) is -1.98. The van der Waals surface area contributed by atoms with Crippen molar-refractivity contribution in [3.8, 4) is 5.75 Å². The third kappa shape index (κ3) is 6.47. The highest BCUT2D eigenvalue weighted by molar-refractivity contribution is 7.97. The molecule has 1 aromatic rings. The minimum atomic E-state index is -4.94. The summed E-state index contributed by atoms with van der Waals surface area (Å²) < 4.78 is 39.4. The van der Waals surface area contributed by atoms with Gasteiger partial charge in [0.15, 0.2) is 10.6 Å². The Bertz CT molecular complexity index is 396. The van der Waals surface area contributed by atoms with Gasteiger partial charge in [0.1, 0.15) is 11.5 Å². The number of aryl methyl sites for hydroxylation is 1. The van der Waals surface area contributed by atoms with Gasteiger partial charge >= 0.3 is 0 Å². The lowest BCUT2D eigenvalue weighted by atomic mass is 10.2. The second-order valence-corrected chi connectivity index (χ2v) is 7.14. The Hall–Kier alpha value is -0.500. The van der Waals surface area contributed by atoms with Crippen molar-refractivity contribution in [1.29, 1.82) is 0 Å². The molecule has 0 bridgehead atoms. The fourth-order valence-electron chi connectivity index (χ4n) is 1.88. The van der Waals surface area contributed by atoms with Gasteiger partial charge < -0.3 is 4.74 Å². The van der Waals surface area contributed by atoms with Crippen LogP contribution in [0.2, 0.25) is 0 Å². The summed E-state index contributed by atoms with van der Waals surface area (Å²) in [5.74, 6) is 3.81. The molecule has 1 aliphatic heterocycles. The first kappa shape index (κ1) is 16.6. The molecule has 0 aromatic heterocycles. The van der Waals surface area contributed by atoms with Crippen LogP contribution < -0.4 is 23.4 Å². The molecule has 1 aliphatic rings. The molecule has 1 fully saturated rings. The molecular weight excluding hydrogens is 292 g/mol. The van der Waals surface area contributed by atoms with E-state index < -0.39 is 10.2 Å². The number of hydrogen-bond donors (Lipinski definition) is 0. The fraction of sp³-hybridized carbons (Fsp3) is 0.500. The van der Waals surface area contributed by atoms with Gasteiger partial charge in [-0.05, 0) is 37.5 Å². The predicted molar refractivity (Wildman–Crippen MR) is 62.3 cm³/mol. The van der Waals surface area contributed by atoms with Gasteiger partial charge in [-0.2, -0.15) is 0 Å². The first-order valence-corrected chi connectivity index (χ1v) is 8.55. The Balaban J connectivity index is 0.000000312. The van der Waals surface area contributed by atoms with Crippen molar-refractivity contribution < 1.29 is 33.6 Å². The smallest absolute Gasteiger partial charge is 0.197 e. The molecule has 0 saturated carbocycles. The molecule has 1 saturated heterocycles. The van der Waals surface area contributed by atoms with Crippen LogP contribution in [0, 0.1) is 17.2 Å². The molecule has 0 unspecified atom stereocenters. The highest BCUT2D eigenvalue weighted by atomic mass is 35.7. The quantitative estimate of drug-likeness (QED) is 0.589. The van der Waals surface area contributed by atoms with E-state index in [9.17, 15) is 0 Å². The Morgan fingerprint density at radius 3 is 2.11 bits per heavy atom. The van der Waals surface area contributed by atoms with Crippen LogP contribution in [0.4, 0.5) is 0 Å². The van der Waals surface area contributed by atoms with Crippen molar-refractivity contribution in [2.45, 2.75) is 24.7 Å². The maximum Gasteiger partial charge on any atom is 0.197 e. The summed E-state index contributed by atoms with van der Waals surface area (Å²) in [7, 11) is -2.71. The molecule has 0 aliphatic carbocycles. The van der Waals surface area contributed by atoms with Crippen LogP contribution in [-0.2, 0) is 10.9 Å².